The van der Waals surface area contributed by atoms with Crippen LogP contribution in [0, 0.1) is 0 Å². The summed E-state index contributed by atoms with van der Waals surface area (Å²) in [6, 6.07) is 11.3. The van der Waals surface area contributed by atoms with E-state index in [1.165, 1.54) is 0 Å². The van der Waals surface area contributed by atoms with Crippen LogP contribution in [-0.4, -0.2) is 62.6 Å². The number of ether oxygens (including phenoxy) is 3. The maximum absolute atomic E-state index is 13.5. The lowest BCUT2D eigenvalue weighted by Crippen LogP contribution is -2.47. The molecule has 36 heavy (non-hydrogen) atoms. The molecule has 0 saturated heterocycles. The monoisotopic (exact) mass is 494 g/mol. The van der Waals surface area contributed by atoms with Crippen molar-refractivity contribution in [1.82, 2.24) is 9.80 Å². The Morgan fingerprint density at radius 2 is 1.50 bits per heavy atom. The number of likely N-dealkylation sites (N-methyl/N-ethyl adjacent to an activating group) is 1. The second-order valence-corrected chi connectivity index (χ2v) is 9.12. The van der Waals surface area contributed by atoms with E-state index in [4.69, 9.17) is 14.2 Å². The number of allylic oxidation sites excluding steroid dienone is 1. The number of carbonyl (C=O) groups excluding carboxylic acids is 2. The van der Waals surface area contributed by atoms with Crippen molar-refractivity contribution in [2.45, 2.75) is 52.0 Å². The van der Waals surface area contributed by atoms with Crippen LogP contribution >= 0.6 is 0 Å². The molecule has 7 heteroatoms. The van der Waals surface area contributed by atoms with Crippen LogP contribution in [0.4, 0.5) is 0 Å². The summed E-state index contributed by atoms with van der Waals surface area (Å²) < 4.78 is 16.4. The standard InChI is InChI=1S/C29H38N2O5/c1-7-8-9-10-15-31-20(2)16-27(32)30(3)24(29(31)33)17-21-11-13-22(14-12-21)23-18-25(34-4)28(36-6)26(19-23)35-5/h11-14,16,18-19,24H,7-10,15,17H2,1-6H3/t24-/m0/s1. The van der Waals surface area contributed by atoms with Gasteiger partial charge in [-0.1, -0.05) is 50.5 Å². The van der Waals surface area contributed by atoms with Crippen molar-refractivity contribution in [3.8, 4) is 28.4 Å². The topological polar surface area (TPSA) is 68.3 Å². The van der Waals surface area contributed by atoms with Gasteiger partial charge in [0.2, 0.25) is 17.6 Å². The summed E-state index contributed by atoms with van der Waals surface area (Å²) in [4.78, 5) is 29.6. The van der Waals surface area contributed by atoms with E-state index in [0.717, 1.165) is 42.4 Å². The van der Waals surface area contributed by atoms with Crippen molar-refractivity contribution in [3.05, 3.63) is 53.7 Å². The zero-order valence-electron chi connectivity index (χ0n) is 22.3. The number of carbonyl (C=O) groups is 2. The smallest absolute Gasteiger partial charge is 0.249 e. The number of unbranched alkanes of at least 4 members (excludes halogenated alkanes) is 3. The second-order valence-electron chi connectivity index (χ2n) is 9.12. The Bertz CT molecular complexity index is 1070. The third kappa shape index (κ3) is 6.01. The minimum Gasteiger partial charge on any atom is -0.493 e. The van der Waals surface area contributed by atoms with Gasteiger partial charge in [0.05, 0.1) is 21.3 Å². The minimum absolute atomic E-state index is 0.0256. The summed E-state index contributed by atoms with van der Waals surface area (Å²) in [7, 11) is 6.47. The third-order valence-electron chi connectivity index (χ3n) is 6.74. The Balaban J connectivity index is 1.82. The van der Waals surface area contributed by atoms with Crippen LogP contribution in [0.25, 0.3) is 11.1 Å². The summed E-state index contributed by atoms with van der Waals surface area (Å²) in [5.41, 5.74) is 3.60. The molecule has 0 aromatic heterocycles. The molecule has 0 spiro atoms. The molecule has 0 unspecified atom stereocenters. The Kier molecular flexibility index (Phi) is 9.39. The first-order valence-electron chi connectivity index (χ1n) is 12.5. The molecule has 194 valence electrons. The lowest BCUT2D eigenvalue weighted by atomic mass is 9.99. The van der Waals surface area contributed by atoms with E-state index in [-0.39, 0.29) is 11.8 Å². The van der Waals surface area contributed by atoms with E-state index in [9.17, 15) is 9.59 Å². The van der Waals surface area contributed by atoms with Crippen molar-refractivity contribution in [2.75, 3.05) is 34.9 Å². The largest absolute Gasteiger partial charge is 0.493 e. The number of amides is 2. The molecule has 7 nitrogen and oxygen atoms in total. The highest BCUT2D eigenvalue weighted by atomic mass is 16.5. The fourth-order valence-electron chi connectivity index (χ4n) is 4.54. The molecule has 3 rings (SSSR count). The first-order valence-corrected chi connectivity index (χ1v) is 12.5. The summed E-state index contributed by atoms with van der Waals surface area (Å²) in [5.74, 6) is 1.55. The Hall–Kier alpha value is -3.48. The fourth-order valence-corrected chi connectivity index (χ4v) is 4.54. The molecule has 2 amide bonds. The molecule has 1 aliphatic rings. The quantitative estimate of drug-likeness (QED) is 0.408. The molecule has 0 N–H and O–H groups in total. The number of methoxy groups -OCH3 is 3. The number of hydrogen-bond acceptors (Lipinski definition) is 5. The van der Waals surface area contributed by atoms with E-state index in [1.54, 1.807) is 44.3 Å². The lowest BCUT2D eigenvalue weighted by molar-refractivity contribution is -0.139. The van der Waals surface area contributed by atoms with Gasteiger partial charge in [0.15, 0.2) is 11.5 Å². The van der Waals surface area contributed by atoms with Crippen LogP contribution in [0.2, 0.25) is 0 Å². The van der Waals surface area contributed by atoms with Gasteiger partial charge in [0.1, 0.15) is 6.04 Å². The molecule has 0 fully saturated rings. The highest BCUT2D eigenvalue weighted by Gasteiger charge is 2.34. The predicted octanol–water partition coefficient (Wildman–Crippen LogP) is 5.08. The maximum atomic E-state index is 13.5. The highest BCUT2D eigenvalue weighted by molar-refractivity contribution is 5.96. The molecule has 0 aliphatic carbocycles. The van der Waals surface area contributed by atoms with Gasteiger partial charge in [-0.3, -0.25) is 9.59 Å². The van der Waals surface area contributed by atoms with Crippen molar-refractivity contribution >= 4 is 11.8 Å². The third-order valence-corrected chi connectivity index (χ3v) is 6.74. The van der Waals surface area contributed by atoms with Crippen LogP contribution in [0.3, 0.4) is 0 Å². The van der Waals surface area contributed by atoms with Crippen molar-refractivity contribution in [1.29, 1.82) is 0 Å². The van der Waals surface area contributed by atoms with Gasteiger partial charge in [-0.15, -0.1) is 0 Å². The van der Waals surface area contributed by atoms with Crippen LogP contribution < -0.4 is 14.2 Å². The average Bonchev–Trinajstić information content (AvgIpc) is 2.96. The number of nitrogens with zero attached hydrogens (tertiary/aromatic N) is 2. The summed E-state index contributed by atoms with van der Waals surface area (Å²) in [6.45, 7) is 4.65. The molecule has 0 saturated carbocycles. The van der Waals surface area contributed by atoms with Crippen LogP contribution in [0.1, 0.15) is 45.1 Å². The van der Waals surface area contributed by atoms with Crippen LogP contribution in [0.5, 0.6) is 17.2 Å². The first kappa shape index (κ1) is 27.1. The van der Waals surface area contributed by atoms with Crippen LogP contribution in [0.15, 0.2) is 48.2 Å². The van der Waals surface area contributed by atoms with Crippen LogP contribution in [-0.2, 0) is 16.0 Å². The molecule has 1 atom stereocenters. The van der Waals surface area contributed by atoms with E-state index >= 15 is 0 Å². The molecule has 2 aromatic rings. The molecule has 1 heterocycles. The summed E-state index contributed by atoms with van der Waals surface area (Å²) in [6.07, 6.45) is 6.31. The average molecular weight is 495 g/mol. The van der Waals surface area contributed by atoms with Gasteiger partial charge >= 0.3 is 0 Å². The number of benzene rings is 2. The maximum Gasteiger partial charge on any atom is 0.249 e. The van der Waals surface area contributed by atoms with Gasteiger partial charge in [-0.05, 0) is 42.2 Å². The molecular formula is C29H38N2O5. The lowest BCUT2D eigenvalue weighted by Gasteiger charge is -2.29. The zero-order valence-corrected chi connectivity index (χ0v) is 22.3. The molecule has 1 aliphatic heterocycles. The van der Waals surface area contributed by atoms with Crippen molar-refractivity contribution in [3.63, 3.8) is 0 Å². The number of hydrogen-bond donors (Lipinski definition) is 0. The Morgan fingerprint density at radius 3 is 2.06 bits per heavy atom. The van der Waals surface area contributed by atoms with Gasteiger partial charge in [-0.2, -0.15) is 0 Å². The van der Waals surface area contributed by atoms with Gasteiger partial charge in [0.25, 0.3) is 0 Å². The SMILES string of the molecule is CCCCCCN1C(=O)[C@H](Cc2ccc(-c3cc(OC)c(OC)c(OC)c3)cc2)N(C)C(=O)C=C1C. The van der Waals surface area contributed by atoms with Crippen molar-refractivity contribution < 1.29 is 23.8 Å². The normalized spacial score (nSPS) is 16.1. The molecule has 0 radical (unpaired) electrons. The summed E-state index contributed by atoms with van der Waals surface area (Å²) >= 11 is 0. The van der Waals surface area contributed by atoms with Crippen molar-refractivity contribution in [2.24, 2.45) is 0 Å². The molecular weight excluding hydrogens is 456 g/mol. The molecule has 2 aromatic carbocycles. The second kappa shape index (κ2) is 12.5. The Morgan fingerprint density at radius 1 is 0.861 bits per heavy atom. The van der Waals surface area contributed by atoms with E-state index < -0.39 is 6.04 Å². The van der Waals surface area contributed by atoms with Gasteiger partial charge in [0, 0.05) is 31.8 Å². The first-order chi connectivity index (χ1) is 17.3. The minimum atomic E-state index is -0.551. The predicted molar refractivity (Wildman–Crippen MR) is 141 cm³/mol. The Labute approximate surface area is 214 Å². The highest BCUT2D eigenvalue weighted by Crippen LogP contribution is 2.41. The van der Waals surface area contributed by atoms with Gasteiger partial charge < -0.3 is 24.0 Å². The fraction of sp³-hybridized carbons (Fsp3) is 0.448. The number of rotatable bonds is 11. The van der Waals surface area contributed by atoms with E-state index in [2.05, 4.69) is 6.92 Å². The molecule has 0 bridgehead atoms. The van der Waals surface area contributed by atoms with Gasteiger partial charge in [-0.25, -0.2) is 0 Å². The summed E-state index contributed by atoms with van der Waals surface area (Å²) in [5, 5.41) is 0. The van der Waals surface area contributed by atoms with E-state index in [0.29, 0.717) is 35.9 Å². The van der Waals surface area contributed by atoms with E-state index in [1.807, 2.05) is 43.3 Å². The zero-order chi connectivity index (χ0) is 26.2.